The van der Waals surface area contributed by atoms with Gasteiger partial charge < -0.3 is 9.97 Å². The average Bonchev–Trinajstić information content (AvgIpc) is 2.86. The molecule has 0 aliphatic carbocycles. The molecule has 2 aromatic heterocycles. The molecule has 5 heteroatoms. The van der Waals surface area contributed by atoms with Crippen molar-refractivity contribution < 1.29 is 20.1 Å². The Morgan fingerprint density at radius 2 is 2.07 bits per heavy atom. The van der Waals surface area contributed by atoms with Crippen molar-refractivity contribution in [3.8, 4) is 11.5 Å². The molecule has 0 fully saturated rings. The van der Waals surface area contributed by atoms with Crippen molar-refractivity contribution in [3.05, 3.63) is 35.2 Å². The van der Waals surface area contributed by atoms with E-state index >= 15 is 0 Å². The fourth-order valence-electron chi connectivity index (χ4n) is 1.34. The van der Waals surface area contributed by atoms with E-state index < -0.39 is 0 Å². The van der Waals surface area contributed by atoms with Crippen molar-refractivity contribution in [2.75, 3.05) is 0 Å². The van der Waals surface area contributed by atoms with E-state index in [2.05, 4.69) is 15.0 Å². The van der Waals surface area contributed by atoms with Gasteiger partial charge >= 0.3 is 0 Å². The van der Waals surface area contributed by atoms with Crippen LogP contribution in [0.4, 0.5) is 0 Å². The Hall–Kier alpha value is -1.03. The summed E-state index contributed by atoms with van der Waals surface area (Å²) in [5, 5.41) is 1.95. The SMILES string of the molecule is [Ir].c1ccc2[n-]c(-c3cscn3)nc2c1. The molecule has 0 aliphatic rings. The zero-order chi connectivity index (χ0) is 9.38. The number of fused-ring (bicyclic) bond motifs is 1. The maximum Gasteiger partial charge on any atom is 0.0798 e. The van der Waals surface area contributed by atoms with Crippen LogP contribution in [0.15, 0.2) is 35.2 Å². The molecule has 0 amide bonds. The summed E-state index contributed by atoms with van der Waals surface area (Å²) in [5.41, 5.74) is 4.49. The quantitative estimate of drug-likeness (QED) is 0.638. The summed E-state index contributed by atoms with van der Waals surface area (Å²) >= 11 is 1.55. The van der Waals surface area contributed by atoms with Gasteiger partial charge in [0, 0.05) is 25.5 Å². The van der Waals surface area contributed by atoms with E-state index in [1.54, 1.807) is 16.8 Å². The van der Waals surface area contributed by atoms with Gasteiger partial charge in [-0.3, -0.25) is 0 Å². The first-order valence-electron chi connectivity index (χ1n) is 4.21. The second-order valence-electron chi connectivity index (χ2n) is 2.91. The van der Waals surface area contributed by atoms with Crippen LogP contribution in [0, 0.1) is 0 Å². The molecule has 0 spiro atoms. The topological polar surface area (TPSA) is 39.9 Å². The summed E-state index contributed by atoms with van der Waals surface area (Å²) in [5.74, 6) is 0.715. The van der Waals surface area contributed by atoms with E-state index in [0.29, 0.717) is 5.82 Å². The van der Waals surface area contributed by atoms with Crippen molar-refractivity contribution in [2.24, 2.45) is 0 Å². The summed E-state index contributed by atoms with van der Waals surface area (Å²) in [6.45, 7) is 0. The Labute approximate surface area is 104 Å². The summed E-state index contributed by atoms with van der Waals surface area (Å²) in [4.78, 5) is 13.0. The van der Waals surface area contributed by atoms with Gasteiger partial charge in [0.1, 0.15) is 0 Å². The number of thiazole rings is 1. The number of benzene rings is 1. The second-order valence-corrected chi connectivity index (χ2v) is 3.63. The molecule has 2 heterocycles. The van der Waals surface area contributed by atoms with Crippen molar-refractivity contribution in [1.29, 1.82) is 0 Å². The minimum Gasteiger partial charge on any atom is -0.434 e. The smallest absolute Gasteiger partial charge is 0.0798 e. The van der Waals surface area contributed by atoms with Crippen molar-refractivity contribution in [1.82, 2.24) is 15.0 Å². The van der Waals surface area contributed by atoms with Gasteiger partial charge in [-0.15, -0.1) is 11.3 Å². The van der Waals surface area contributed by atoms with Crippen molar-refractivity contribution in [3.63, 3.8) is 0 Å². The molecule has 77 valence electrons. The van der Waals surface area contributed by atoms with Crippen molar-refractivity contribution in [2.45, 2.75) is 0 Å². The van der Waals surface area contributed by atoms with Crippen LogP contribution < -0.4 is 4.98 Å². The fourth-order valence-corrected chi connectivity index (χ4v) is 1.87. The first-order valence-corrected chi connectivity index (χ1v) is 5.16. The maximum atomic E-state index is 4.39. The third-order valence-electron chi connectivity index (χ3n) is 2.00. The number of imidazole rings is 1. The predicted molar refractivity (Wildman–Crippen MR) is 56.2 cm³/mol. The van der Waals surface area contributed by atoms with Crippen LogP contribution in [0.3, 0.4) is 0 Å². The van der Waals surface area contributed by atoms with Crippen LogP contribution in [0.25, 0.3) is 22.6 Å². The Morgan fingerprint density at radius 3 is 2.80 bits per heavy atom. The van der Waals surface area contributed by atoms with Crippen molar-refractivity contribution >= 4 is 22.4 Å². The zero-order valence-corrected chi connectivity index (χ0v) is 10.8. The van der Waals surface area contributed by atoms with Gasteiger partial charge in [-0.1, -0.05) is 24.3 Å². The molecule has 1 aromatic carbocycles. The molecule has 0 aliphatic heterocycles. The molecule has 3 nitrogen and oxygen atoms in total. The summed E-state index contributed by atoms with van der Waals surface area (Å²) < 4.78 is 0. The van der Waals surface area contributed by atoms with Crippen LogP contribution in [0.5, 0.6) is 0 Å². The largest absolute Gasteiger partial charge is 0.434 e. The molecule has 0 saturated heterocycles. The number of nitrogens with zero attached hydrogens (tertiary/aromatic N) is 3. The molecule has 0 atom stereocenters. The molecular formula is C10H6IrN3S-. The van der Waals surface area contributed by atoms with Gasteiger partial charge in [-0.2, -0.15) is 0 Å². The number of aromatic nitrogens is 3. The van der Waals surface area contributed by atoms with Gasteiger partial charge in [-0.25, -0.2) is 4.98 Å². The molecular weight excluding hydrogens is 386 g/mol. The minimum atomic E-state index is 0. The van der Waals surface area contributed by atoms with Gasteiger partial charge in [0.2, 0.25) is 0 Å². The summed E-state index contributed by atoms with van der Waals surface area (Å²) in [6.07, 6.45) is 0. The number of hydrogen-bond donors (Lipinski definition) is 0. The average molecular weight is 392 g/mol. The molecule has 3 aromatic rings. The van der Waals surface area contributed by atoms with Crippen LogP contribution in [0.1, 0.15) is 0 Å². The third-order valence-corrected chi connectivity index (χ3v) is 2.58. The Balaban J connectivity index is 0.000000853. The molecule has 1 radical (unpaired) electrons. The number of hydrogen-bond acceptors (Lipinski definition) is 3. The van der Waals surface area contributed by atoms with Gasteiger partial charge in [0.25, 0.3) is 0 Å². The third kappa shape index (κ3) is 1.86. The molecule has 15 heavy (non-hydrogen) atoms. The fraction of sp³-hybridized carbons (Fsp3) is 0. The zero-order valence-electron chi connectivity index (χ0n) is 7.55. The van der Waals surface area contributed by atoms with Gasteiger partial charge in [0.05, 0.1) is 11.2 Å². The molecule has 0 bridgehead atoms. The second kappa shape index (κ2) is 4.23. The van der Waals surface area contributed by atoms with Gasteiger partial charge in [-0.05, 0) is 16.9 Å². The van der Waals surface area contributed by atoms with E-state index in [4.69, 9.17) is 0 Å². The van der Waals surface area contributed by atoms with Gasteiger partial charge in [0.15, 0.2) is 0 Å². The van der Waals surface area contributed by atoms with Crippen LogP contribution >= 0.6 is 11.3 Å². The van der Waals surface area contributed by atoms with Crippen LogP contribution in [-0.4, -0.2) is 9.97 Å². The maximum absolute atomic E-state index is 4.39. The van der Waals surface area contributed by atoms with E-state index in [9.17, 15) is 0 Å². The number of para-hydroxylation sites is 2. The molecule has 0 N–H and O–H groups in total. The Morgan fingerprint density at radius 1 is 1.20 bits per heavy atom. The van der Waals surface area contributed by atoms with Crippen LogP contribution in [0.2, 0.25) is 0 Å². The Kier molecular flexibility index (Phi) is 2.95. The predicted octanol–water partition coefficient (Wildman–Crippen LogP) is 2.31. The molecule has 0 unspecified atom stereocenters. The molecule has 0 saturated carbocycles. The summed E-state index contributed by atoms with van der Waals surface area (Å²) in [6, 6.07) is 7.83. The summed E-state index contributed by atoms with van der Waals surface area (Å²) in [7, 11) is 0. The van der Waals surface area contributed by atoms with E-state index in [0.717, 1.165) is 16.7 Å². The van der Waals surface area contributed by atoms with E-state index in [1.165, 1.54) is 0 Å². The first kappa shape index (κ1) is 10.5. The monoisotopic (exact) mass is 393 g/mol. The Bertz CT molecular complexity index is 526. The first-order chi connectivity index (χ1) is 6.93. The normalized spacial score (nSPS) is 10.1. The number of rotatable bonds is 1. The standard InChI is InChI=1S/C10H6N3S.Ir/c1-2-4-8-7(3-1)12-10(13-8)9-5-14-6-11-9;/h1-6H;/q-1;. The van der Waals surface area contributed by atoms with Crippen LogP contribution in [-0.2, 0) is 20.1 Å². The minimum absolute atomic E-state index is 0. The van der Waals surface area contributed by atoms with E-state index in [-0.39, 0.29) is 20.1 Å². The van der Waals surface area contributed by atoms with E-state index in [1.807, 2.05) is 29.6 Å². The molecule has 3 rings (SSSR count).